The van der Waals surface area contributed by atoms with E-state index >= 15 is 0 Å². The van der Waals surface area contributed by atoms with Gasteiger partial charge in [-0.05, 0) is 18.4 Å². The van der Waals surface area contributed by atoms with E-state index in [1.807, 2.05) is 65.6 Å². The first-order chi connectivity index (χ1) is 13.6. The largest absolute Gasteiger partial charge is 0.459 e. The second kappa shape index (κ2) is 10.4. The van der Waals surface area contributed by atoms with E-state index in [1.165, 1.54) is 11.8 Å². The maximum atomic E-state index is 12.5. The van der Waals surface area contributed by atoms with Gasteiger partial charge in [0.25, 0.3) is 0 Å². The molecule has 0 bridgehead atoms. The van der Waals surface area contributed by atoms with Crippen LogP contribution >= 0.6 is 24.0 Å². The Balaban J connectivity index is 1.46. The summed E-state index contributed by atoms with van der Waals surface area (Å²) in [5, 5.41) is 0. The zero-order chi connectivity index (χ0) is 19.8. The fourth-order valence-electron chi connectivity index (χ4n) is 3.14. The molecule has 146 valence electrons. The lowest BCUT2D eigenvalue weighted by molar-refractivity contribution is -0.148. The van der Waals surface area contributed by atoms with E-state index in [9.17, 15) is 9.59 Å². The molecule has 6 heteroatoms. The van der Waals surface area contributed by atoms with Gasteiger partial charge in [0.05, 0.1) is 0 Å². The predicted molar refractivity (Wildman–Crippen MR) is 116 cm³/mol. The van der Waals surface area contributed by atoms with Crippen LogP contribution in [0.1, 0.15) is 35.2 Å². The molecule has 2 aromatic carbocycles. The first-order valence-electron chi connectivity index (χ1n) is 9.37. The normalized spacial score (nSPS) is 16.0. The maximum Gasteiger partial charge on any atom is 0.329 e. The van der Waals surface area contributed by atoms with Gasteiger partial charge < -0.3 is 9.64 Å². The van der Waals surface area contributed by atoms with Crippen molar-refractivity contribution in [3.8, 4) is 0 Å². The Morgan fingerprint density at radius 3 is 2.46 bits per heavy atom. The molecule has 1 saturated heterocycles. The van der Waals surface area contributed by atoms with Crippen LogP contribution in [0.15, 0.2) is 60.7 Å². The van der Waals surface area contributed by atoms with Gasteiger partial charge in [-0.2, -0.15) is 0 Å². The number of rotatable bonds is 7. The quantitative estimate of drug-likeness (QED) is 0.379. The summed E-state index contributed by atoms with van der Waals surface area (Å²) in [6.07, 6.45) is 2.08. The van der Waals surface area contributed by atoms with E-state index in [1.54, 1.807) is 0 Å². The number of Topliss-reactive ketones (excluding diaryl/α,β-unsaturated/α-hetero) is 1. The molecule has 1 atom stereocenters. The minimum absolute atomic E-state index is 0.108. The van der Waals surface area contributed by atoms with Gasteiger partial charge in [-0.3, -0.25) is 4.79 Å². The molecule has 0 aromatic heterocycles. The van der Waals surface area contributed by atoms with Gasteiger partial charge in [0.2, 0.25) is 0 Å². The lowest BCUT2D eigenvalue weighted by atomic mass is 10.1. The molecule has 0 saturated carbocycles. The van der Waals surface area contributed by atoms with Crippen molar-refractivity contribution < 1.29 is 14.3 Å². The van der Waals surface area contributed by atoms with Gasteiger partial charge in [-0.1, -0.05) is 84.6 Å². The topological polar surface area (TPSA) is 46.6 Å². The van der Waals surface area contributed by atoms with E-state index < -0.39 is 0 Å². The van der Waals surface area contributed by atoms with Crippen molar-refractivity contribution in [1.82, 2.24) is 4.90 Å². The van der Waals surface area contributed by atoms with Gasteiger partial charge in [-0.25, -0.2) is 4.79 Å². The van der Waals surface area contributed by atoms with Gasteiger partial charge in [-0.15, -0.1) is 0 Å². The first-order valence-corrected chi connectivity index (χ1v) is 10.8. The van der Waals surface area contributed by atoms with E-state index in [4.69, 9.17) is 17.0 Å². The van der Waals surface area contributed by atoms with Crippen LogP contribution in [0.5, 0.6) is 0 Å². The van der Waals surface area contributed by atoms with E-state index in [0.717, 1.165) is 30.5 Å². The fraction of sp³-hybridized carbons (Fsp3) is 0.318. The Bertz CT molecular complexity index is 811. The summed E-state index contributed by atoms with van der Waals surface area (Å²) in [7, 11) is 0. The summed E-state index contributed by atoms with van der Waals surface area (Å²) in [6, 6.07) is 18.6. The molecule has 2 aromatic rings. The molecule has 3 rings (SSSR count). The van der Waals surface area contributed by atoms with Crippen LogP contribution in [-0.2, 0) is 16.1 Å². The third-order valence-corrected chi connectivity index (χ3v) is 6.11. The molecule has 1 aliphatic rings. The number of hydrogen-bond donors (Lipinski definition) is 0. The highest BCUT2D eigenvalue weighted by atomic mass is 32.2. The molecule has 4 nitrogen and oxygen atoms in total. The predicted octanol–water partition coefficient (Wildman–Crippen LogP) is 4.49. The van der Waals surface area contributed by atoms with Crippen molar-refractivity contribution in [2.45, 2.75) is 31.9 Å². The monoisotopic (exact) mass is 413 g/mol. The Kier molecular flexibility index (Phi) is 7.62. The van der Waals surface area contributed by atoms with Crippen molar-refractivity contribution in [2.75, 3.05) is 12.3 Å². The molecule has 0 spiro atoms. The Morgan fingerprint density at radius 2 is 1.75 bits per heavy atom. The van der Waals surface area contributed by atoms with Crippen LogP contribution in [0.2, 0.25) is 0 Å². The molecular weight excluding hydrogens is 390 g/mol. The maximum absolute atomic E-state index is 12.5. The summed E-state index contributed by atoms with van der Waals surface area (Å²) in [4.78, 5) is 26.7. The highest BCUT2D eigenvalue weighted by Gasteiger charge is 2.33. The molecule has 1 fully saturated rings. The highest BCUT2D eigenvalue weighted by Crippen LogP contribution is 2.24. The number of hydrogen-bond acceptors (Lipinski definition) is 5. The zero-order valence-electron chi connectivity index (χ0n) is 15.6. The van der Waals surface area contributed by atoms with Crippen LogP contribution in [-0.4, -0.2) is 39.3 Å². The van der Waals surface area contributed by atoms with Crippen molar-refractivity contribution >= 4 is 40.1 Å². The SMILES string of the molecule is O=C(CCSC(=S)N1CCCC1C(=O)OCc1ccccc1)c1ccccc1. The number of benzene rings is 2. The van der Waals surface area contributed by atoms with E-state index in [0.29, 0.717) is 16.5 Å². The van der Waals surface area contributed by atoms with Crippen LogP contribution in [0.25, 0.3) is 0 Å². The Morgan fingerprint density at radius 1 is 1.07 bits per heavy atom. The molecular formula is C22H23NO3S2. The number of nitrogens with zero attached hydrogens (tertiary/aromatic N) is 1. The van der Waals surface area contributed by atoms with Crippen molar-refractivity contribution in [1.29, 1.82) is 0 Å². The number of thioether (sulfide) groups is 1. The number of ketones is 1. The highest BCUT2D eigenvalue weighted by molar-refractivity contribution is 8.22. The lowest BCUT2D eigenvalue weighted by Gasteiger charge is -2.25. The number of carbonyl (C=O) groups is 2. The third-order valence-electron chi connectivity index (χ3n) is 4.63. The number of carbonyl (C=O) groups excluding carboxylic acids is 2. The minimum Gasteiger partial charge on any atom is -0.459 e. The lowest BCUT2D eigenvalue weighted by Crippen LogP contribution is -2.39. The molecule has 1 aliphatic heterocycles. The Hall–Kier alpha value is -2.18. The molecule has 1 heterocycles. The van der Waals surface area contributed by atoms with Crippen LogP contribution < -0.4 is 0 Å². The van der Waals surface area contributed by atoms with Crippen LogP contribution in [0, 0.1) is 0 Å². The molecule has 0 amide bonds. The summed E-state index contributed by atoms with van der Waals surface area (Å²) in [6.45, 7) is 1.03. The summed E-state index contributed by atoms with van der Waals surface area (Å²) < 4.78 is 6.16. The Labute approximate surface area is 175 Å². The molecule has 0 N–H and O–H groups in total. The second-order valence-corrected chi connectivity index (χ2v) is 8.33. The molecule has 0 radical (unpaired) electrons. The number of esters is 1. The molecule has 28 heavy (non-hydrogen) atoms. The van der Waals surface area contributed by atoms with Crippen molar-refractivity contribution in [3.05, 3.63) is 71.8 Å². The smallest absolute Gasteiger partial charge is 0.329 e. The molecule has 1 unspecified atom stereocenters. The fourth-order valence-corrected chi connectivity index (χ4v) is 4.45. The zero-order valence-corrected chi connectivity index (χ0v) is 17.2. The van der Waals surface area contributed by atoms with E-state index in [-0.39, 0.29) is 24.4 Å². The third kappa shape index (κ3) is 5.66. The number of ether oxygens (including phenoxy) is 1. The van der Waals surface area contributed by atoms with Crippen molar-refractivity contribution in [3.63, 3.8) is 0 Å². The van der Waals surface area contributed by atoms with Crippen LogP contribution in [0.3, 0.4) is 0 Å². The standard InChI is InChI=1S/C22H23NO3S2/c24-20(18-10-5-2-6-11-18)13-15-28-22(27)23-14-7-12-19(23)21(25)26-16-17-8-3-1-4-9-17/h1-6,8-11,19H,7,12-16H2. The minimum atomic E-state index is -0.325. The van der Waals surface area contributed by atoms with Gasteiger partial charge in [0, 0.05) is 24.3 Å². The van der Waals surface area contributed by atoms with Gasteiger partial charge in [0.15, 0.2) is 5.78 Å². The number of thiocarbonyl (C=S) groups is 1. The first kappa shape index (κ1) is 20.6. The van der Waals surface area contributed by atoms with Crippen LogP contribution in [0.4, 0.5) is 0 Å². The average molecular weight is 414 g/mol. The van der Waals surface area contributed by atoms with Crippen molar-refractivity contribution in [2.24, 2.45) is 0 Å². The van der Waals surface area contributed by atoms with Gasteiger partial charge in [0.1, 0.15) is 17.0 Å². The summed E-state index contributed by atoms with van der Waals surface area (Å²) in [5.74, 6) is 0.482. The molecule has 0 aliphatic carbocycles. The van der Waals surface area contributed by atoms with E-state index in [2.05, 4.69) is 0 Å². The number of likely N-dealkylation sites (tertiary alicyclic amines) is 1. The van der Waals surface area contributed by atoms with Gasteiger partial charge >= 0.3 is 5.97 Å². The second-order valence-electron chi connectivity index (χ2n) is 6.60. The summed E-state index contributed by atoms with van der Waals surface area (Å²) in [5.41, 5.74) is 1.69. The average Bonchev–Trinajstić information content (AvgIpc) is 3.23. The summed E-state index contributed by atoms with van der Waals surface area (Å²) >= 11 is 6.99.